The van der Waals surface area contributed by atoms with E-state index in [-0.39, 0.29) is 5.60 Å². The van der Waals surface area contributed by atoms with Gasteiger partial charge in [-0.3, -0.25) is 10.4 Å². The Morgan fingerprint density at radius 2 is 1.97 bits per heavy atom. The molecule has 4 N–H and O–H groups in total. The summed E-state index contributed by atoms with van der Waals surface area (Å²) in [6.45, 7) is 8.54. The smallest absolute Gasteiger partial charge is 0.212 e. The molecule has 0 radical (unpaired) electrons. The van der Waals surface area contributed by atoms with E-state index >= 15 is 0 Å². The van der Waals surface area contributed by atoms with Gasteiger partial charge in [-0.25, -0.2) is 9.98 Å². The third kappa shape index (κ3) is 4.49. The van der Waals surface area contributed by atoms with Gasteiger partial charge in [0.05, 0.1) is 29.7 Å². The zero-order valence-electron chi connectivity index (χ0n) is 20.9. The highest BCUT2D eigenvalue weighted by atomic mass is 16.5. The Morgan fingerprint density at radius 1 is 1.21 bits per heavy atom. The number of benzene rings is 1. The lowest BCUT2D eigenvalue weighted by Gasteiger charge is -2.34. The van der Waals surface area contributed by atoms with E-state index in [1.807, 2.05) is 65.2 Å². The van der Waals surface area contributed by atoms with E-state index in [2.05, 4.69) is 20.7 Å². The van der Waals surface area contributed by atoms with Gasteiger partial charge < -0.3 is 20.1 Å². The van der Waals surface area contributed by atoms with Crippen LogP contribution in [0.15, 0.2) is 35.5 Å². The van der Waals surface area contributed by atoms with Crippen LogP contribution in [0.2, 0.25) is 0 Å². The van der Waals surface area contributed by atoms with Crippen molar-refractivity contribution in [2.75, 3.05) is 31.4 Å². The highest BCUT2D eigenvalue weighted by Crippen LogP contribution is 2.39. The Balaban J connectivity index is 1.71. The fourth-order valence-electron chi connectivity index (χ4n) is 4.02. The highest BCUT2D eigenvalue weighted by molar-refractivity contribution is 5.94. The van der Waals surface area contributed by atoms with Crippen molar-refractivity contribution in [2.45, 2.75) is 39.1 Å². The molecule has 34 heavy (non-hydrogen) atoms. The minimum Gasteiger partial charge on any atom is -0.496 e. The third-order valence-corrected chi connectivity index (χ3v) is 6.07. The number of aliphatic imine (C=N–C) groups is 1. The van der Waals surface area contributed by atoms with E-state index in [0.717, 1.165) is 33.8 Å². The number of nitrogens with zero attached hydrogens (tertiary/aromatic N) is 4. The number of nitrogens with two attached hydrogens (primary N) is 1. The monoisotopic (exact) mass is 463 g/mol. The normalized spacial score (nSPS) is 17.3. The van der Waals surface area contributed by atoms with Crippen molar-refractivity contribution >= 4 is 17.7 Å². The zero-order chi connectivity index (χ0) is 24.7. The van der Waals surface area contributed by atoms with Crippen molar-refractivity contribution in [1.82, 2.24) is 14.8 Å². The fourth-order valence-corrected chi connectivity index (χ4v) is 4.02. The van der Waals surface area contributed by atoms with Crippen LogP contribution in [0.25, 0.3) is 11.1 Å². The minimum absolute atomic E-state index is 0.357. The molecule has 2 aromatic heterocycles. The zero-order valence-corrected chi connectivity index (χ0v) is 20.9. The van der Waals surface area contributed by atoms with E-state index in [1.165, 1.54) is 0 Å². The summed E-state index contributed by atoms with van der Waals surface area (Å²) in [6, 6.07) is 7.90. The van der Waals surface area contributed by atoms with Crippen LogP contribution in [0.3, 0.4) is 0 Å². The van der Waals surface area contributed by atoms with Gasteiger partial charge in [0.1, 0.15) is 5.75 Å². The van der Waals surface area contributed by atoms with Crippen LogP contribution >= 0.6 is 0 Å². The fraction of sp³-hybridized carbons (Fsp3) is 0.400. The Hall–Kier alpha value is -3.43. The van der Waals surface area contributed by atoms with Crippen molar-refractivity contribution in [2.24, 2.45) is 17.8 Å². The molecule has 0 saturated heterocycles. The minimum atomic E-state index is -1.23. The largest absolute Gasteiger partial charge is 0.496 e. The summed E-state index contributed by atoms with van der Waals surface area (Å²) < 4.78 is 13.1. The number of fused-ring (bicyclic) bond motifs is 1. The second kappa shape index (κ2) is 8.73. The van der Waals surface area contributed by atoms with Crippen molar-refractivity contribution in [3.63, 3.8) is 0 Å². The predicted octanol–water partition coefficient (Wildman–Crippen LogP) is 3.56. The lowest BCUT2D eigenvalue weighted by atomic mass is 9.99. The highest BCUT2D eigenvalue weighted by Gasteiger charge is 2.34. The van der Waals surface area contributed by atoms with Crippen molar-refractivity contribution in [1.29, 1.82) is 0 Å². The number of hydrogen-bond donors (Lipinski definition) is 3. The Morgan fingerprint density at radius 3 is 2.62 bits per heavy atom. The molecule has 1 aliphatic heterocycles. The SMILES string of the molecule is COc1cc(-c2cn(C)nc2C)ccc1C1(N)N=Cc2cc(C)nc(NCC(C)(C)OC)c2N1. The second-order valence-electron chi connectivity index (χ2n) is 9.26. The first-order chi connectivity index (χ1) is 16.0. The summed E-state index contributed by atoms with van der Waals surface area (Å²) in [5, 5.41) is 11.3. The van der Waals surface area contributed by atoms with Gasteiger partial charge in [-0.15, -0.1) is 0 Å². The van der Waals surface area contributed by atoms with E-state index in [0.29, 0.717) is 23.7 Å². The molecule has 0 aliphatic carbocycles. The molecule has 1 atom stereocenters. The summed E-state index contributed by atoms with van der Waals surface area (Å²) in [6.07, 6.45) is 3.77. The van der Waals surface area contributed by atoms with E-state index in [1.54, 1.807) is 25.1 Å². The van der Waals surface area contributed by atoms with Crippen molar-refractivity contribution in [3.8, 4) is 16.9 Å². The standard InChI is InChI=1S/C25H33N7O2/c1-15-10-18-12-28-25(26,30-22(18)23(29-15)27-14-24(3,4)34-7)20-9-8-17(11-21(20)33-6)19-13-32(5)31-16(19)2/h8-13,30H,14,26H2,1-7H3,(H,27,29). The molecule has 1 aromatic carbocycles. The van der Waals surface area contributed by atoms with Crippen LogP contribution in [-0.4, -0.2) is 47.3 Å². The van der Waals surface area contributed by atoms with Crippen LogP contribution in [0.4, 0.5) is 11.5 Å². The molecular weight excluding hydrogens is 430 g/mol. The first-order valence-electron chi connectivity index (χ1n) is 11.2. The lowest BCUT2D eigenvalue weighted by Crippen LogP contribution is -2.45. The van der Waals surface area contributed by atoms with Gasteiger partial charge in [0.15, 0.2) is 5.82 Å². The number of methoxy groups -OCH3 is 2. The average molecular weight is 464 g/mol. The molecule has 0 spiro atoms. The van der Waals surface area contributed by atoms with Gasteiger partial charge in [-0.1, -0.05) is 6.07 Å². The maximum atomic E-state index is 6.82. The molecule has 0 bridgehead atoms. The second-order valence-corrected chi connectivity index (χ2v) is 9.26. The van der Waals surface area contributed by atoms with Gasteiger partial charge in [-0.05, 0) is 51.5 Å². The number of aromatic nitrogens is 3. The van der Waals surface area contributed by atoms with E-state index in [4.69, 9.17) is 20.2 Å². The van der Waals surface area contributed by atoms with Crippen LogP contribution in [0.1, 0.15) is 36.4 Å². The third-order valence-electron chi connectivity index (χ3n) is 6.07. The number of pyridine rings is 1. The quantitative estimate of drug-likeness (QED) is 0.491. The number of anilines is 2. The van der Waals surface area contributed by atoms with Gasteiger partial charge in [0, 0.05) is 49.9 Å². The van der Waals surface area contributed by atoms with Gasteiger partial charge in [-0.2, -0.15) is 5.10 Å². The first-order valence-corrected chi connectivity index (χ1v) is 11.2. The Bertz CT molecular complexity index is 1250. The average Bonchev–Trinajstić information content (AvgIpc) is 3.15. The molecule has 9 nitrogen and oxygen atoms in total. The molecule has 1 unspecified atom stereocenters. The summed E-state index contributed by atoms with van der Waals surface area (Å²) in [7, 11) is 5.23. The topological polar surface area (TPSA) is 112 Å². The molecule has 180 valence electrons. The molecule has 0 fully saturated rings. The summed E-state index contributed by atoms with van der Waals surface area (Å²) in [4.78, 5) is 9.38. The molecular formula is C25H33N7O2. The molecule has 0 saturated carbocycles. The maximum absolute atomic E-state index is 6.82. The summed E-state index contributed by atoms with van der Waals surface area (Å²) in [5.41, 5.74) is 12.7. The Labute approximate surface area is 200 Å². The lowest BCUT2D eigenvalue weighted by molar-refractivity contribution is 0.0343. The first kappa shape index (κ1) is 23.7. The van der Waals surface area contributed by atoms with Crippen molar-refractivity contribution < 1.29 is 9.47 Å². The van der Waals surface area contributed by atoms with Crippen LogP contribution in [0, 0.1) is 13.8 Å². The van der Waals surface area contributed by atoms with Gasteiger partial charge in [0.25, 0.3) is 0 Å². The Kier molecular flexibility index (Phi) is 6.09. The number of nitrogens with one attached hydrogen (secondary N) is 2. The van der Waals surface area contributed by atoms with E-state index in [9.17, 15) is 0 Å². The molecule has 9 heteroatoms. The van der Waals surface area contributed by atoms with Crippen molar-refractivity contribution in [3.05, 3.63) is 53.0 Å². The summed E-state index contributed by atoms with van der Waals surface area (Å²) in [5.74, 6) is 0.0967. The number of hydrogen-bond acceptors (Lipinski definition) is 8. The number of aryl methyl sites for hydroxylation is 3. The molecule has 4 rings (SSSR count). The van der Waals surface area contributed by atoms with Crippen LogP contribution in [0.5, 0.6) is 5.75 Å². The number of rotatable bonds is 7. The molecule has 0 amide bonds. The maximum Gasteiger partial charge on any atom is 0.212 e. The van der Waals surface area contributed by atoms with Gasteiger partial charge in [0.2, 0.25) is 5.79 Å². The van der Waals surface area contributed by atoms with Crippen LogP contribution in [-0.2, 0) is 17.6 Å². The summed E-state index contributed by atoms with van der Waals surface area (Å²) >= 11 is 0. The van der Waals surface area contributed by atoms with E-state index < -0.39 is 5.79 Å². The van der Waals surface area contributed by atoms with Gasteiger partial charge >= 0.3 is 0 Å². The molecule has 1 aliphatic rings. The molecule has 3 heterocycles. The molecule has 3 aromatic rings. The predicted molar refractivity (Wildman–Crippen MR) is 136 cm³/mol. The van der Waals surface area contributed by atoms with Crippen LogP contribution < -0.4 is 21.1 Å². The number of ether oxygens (including phenoxy) is 2.